The number of halogens is 4. The lowest BCUT2D eigenvalue weighted by Gasteiger charge is -2.20. The van der Waals surface area contributed by atoms with E-state index in [1.165, 1.54) is 11.6 Å². The highest BCUT2D eigenvalue weighted by molar-refractivity contribution is 6.31. The monoisotopic (exact) mass is 286 g/mol. The third kappa shape index (κ3) is 3.21. The molecule has 1 atom stereocenters. The van der Waals surface area contributed by atoms with Gasteiger partial charge in [-0.1, -0.05) is 41.0 Å². The molecule has 0 radical (unpaired) electrons. The summed E-state index contributed by atoms with van der Waals surface area (Å²) < 4.78 is 38.5. The molecule has 19 heavy (non-hydrogen) atoms. The van der Waals surface area contributed by atoms with Crippen LogP contribution in [0, 0.1) is 0 Å². The molecule has 1 aliphatic carbocycles. The lowest BCUT2D eigenvalue weighted by Crippen LogP contribution is -2.08. The van der Waals surface area contributed by atoms with Gasteiger partial charge >= 0.3 is 6.18 Å². The van der Waals surface area contributed by atoms with E-state index < -0.39 is 11.7 Å². The van der Waals surface area contributed by atoms with Crippen molar-refractivity contribution in [3.8, 4) is 0 Å². The van der Waals surface area contributed by atoms with Crippen LogP contribution in [-0.4, -0.2) is 0 Å². The van der Waals surface area contributed by atoms with Crippen LogP contribution in [0.1, 0.15) is 37.3 Å². The van der Waals surface area contributed by atoms with Gasteiger partial charge in [0.25, 0.3) is 0 Å². The average Bonchev–Trinajstić information content (AvgIpc) is 2.26. The zero-order chi connectivity index (χ0) is 14.2. The fraction of sp³-hybridized carbons (Fsp3) is 0.333. The average molecular weight is 287 g/mol. The number of alkyl halides is 3. The topological polar surface area (TPSA) is 0 Å². The Morgan fingerprint density at radius 2 is 1.89 bits per heavy atom. The van der Waals surface area contributed by atoms with Crippen molar-refractivity contribution in [2.45, 2.75) is 32.4 Å². The summed E-state index contributed by atoms with van der Waals surface area (Å²) in [5.41, 5.74) is 2.15. The van der Waals surface area contributed by atoms with Gasteiger partial charge in [0.1, 0.15) is 0 Å². The molecule has 1 unspecified atom stereocenters. The van der Waals surface area contributed by atoms with Crippen LogP contribution in [0.4, 0.5) is 13.2 Å². The quantitative estimate of drug-likeness (QED) is 0.617. The molecule has 1 aliphatic rings. The second kappa shape index (κ2) is 5.04. The Labute approximate surface area is 115 Å². The van der Waals surface area contributed by atoms with Crippen LogP contribution in [0.5, 0.6) is 0 Å². The molecular weight excluding hydrogens is 273 g/mol. The smallest absolute Gasteiger partial charge is 0.166 e. The Hall–Kier alpha value is -1.22. The molecule has 0 saturated heterocycles. The molecule has 0 aliphatic heterocycles. The summed E-state index contributed by atoms with van der Waals surface area (Å²) in [6, 6.07) is 4.16. The molecule has 0 heterocycles. The molecule has 0 amide bonds. The van der Waals surface area contributed by atoms with Gasteiger partial charge in [0, 0.05) is 5.92 Å². The van der Waals surface area contributed by atoms with Crippen LogP contribution in [0.3, 0.4) is 0 Å². The van der Waals surface area contributed by atoms with Gasteiger partial charge in [0.2, 0.25) is 0 Å². The number of hydrogen-bond donors (Lipinski definition) is 0. The minimum atomic E-state index is -4.41. The van der Waals surface area contributed by atoms with E-state index in [-0.39, 0.29) is 10.9 Å². The zero-order valence-corrected chi connectivity index (χ0v) is 11.4. The van der Waals surface area contributed by atoms with Crippen molar-refractivity contribution in [3.05, 3.63) is 57.6 Å². The Kier molecular flexibility index (Phi) is 3.77. The first-order valence-electron chi connectivity index (χ1n) is 5.99. The Morgan fingerprint density at radius 3 is 2.47 bits per heavy atom. The van der Waals surface area contributed by atoms with Crippen molar-refractivity contribution in [1.82, 2.24) is 0 Å². The predicted octanol–water partition coefficient (Wildman–Crippen LogP) is 5.74. The van der Waals surface area contributed by atoms with E-state index >= 15 is 0 Å². The molecule has 0 spiro atoms. The number of rotatable bonds is 1. The number of allylic oxidation sites excluding steroid dienone is 4. The number of hydrogen-bond acceptors (Lipinski definition) is 0. The van der Waals surface area contributed by atoms with Crippen molar-refractivity contribution in [1.29, 1.82) is 0 Å². The third-order valence-electron chi connectivity index (χ3n) is 3.20. The van der Waals surface area contributed by atoms with Crippen LogP contribution in [-0.2, 0) is 6.18 Å². The molecule has 0 bridgehead atoms. The highest BCUT2D eigenvalue weighted by atomic mass is 35.5. The highest BCUT2D eigenvalue weighted by Crippen LogP contribution is 2.38. The first-order valence-corrected chi connectivity index (χ1v) is 6.37. The molecule has 0 N–H and O–H groups in total. The fourth-order valence-electron chi connectivity index (χ4n) is 2.42. The SMILES string of the molecule is CC1=CC(c2ccc(Cl)c(C(F)(F)F)c2)CC(C)=C1. The molecule has 4 heteroatoms. The Balaban J connectivity index is 2.40. The van der Waals surface area contributed by atoms with Gasteiger partial charge in [0.15, 0.2) is 0 Å². The second-order valence-electron chi connectivity index (χ2n) is 4.95. The van der Waals surface area contributed by atoms with Crippen molar-refractivity contribution in [2.24, 2.45) is 0 Å². The van der Waals surface area contributed by atoms with Gasteiger partial charge in [-0.05, 0) is 38.0 Å². The van der Waals surface area contributed by atoms with Gasteiger partial charge in [-0.15, -0.1) is 0 Å². The maximum atomic E-state index is 12.8. The Bertz CT molecular complexity index is 553. The third-order valence-corrected chi connectivity index (χ3v) is 3.53. The largest absolute Gasteiger partial charge is 0.417 e. The van der Waals surface area contributed by atoms with Crippen molar-refractivity contribution < 1.29 is 13.2 Å². The molecule has 0 saturated carbocycles. The predicted molar refractivity (Wildman–Crippen MR) is 71.3 cm³/mol. The van der Waals surface area contributed by atoms with Crippen LogP contribution < -0.4 is 0 Å². The Morgan fingerprint density at radius 1 is 1.21 bits per heavy atom. The molecule has 2 rings (SSSR count). The summed E-state index contributed by atoms with van der Waals surface area (Å²) in [5, 5.41) is -0.250. The first-order chi connectivity index (χ1) is 8.77. The van der Waals surface area contributed by atoms with Crippen LogP contribution in [0.15, 0.2) is 41.5 Å². The number of benzene rings is 1. The van der Waals surface area contributed by atoms with Crippen molar-refractivity contribution in [2.75, 3.05) is 0 Å². The van der Waals surface area contributed by atoms with E-state index in [1.54, 1.807) is 6.07 Å². The van der Waals surface area contributed by atoms with E-state index in [2.05, 4.69) is 6.08 Å². The minimum absolute atomic E-state index is 0.0108. The van der Waals surface area contributed by atoms with E-state index in [0.29, 0.717) is 5.56 Å². The van der Waals surface area contributed by atoms with Gasteiger partial charge in [-0.2, -0.15) is 13.2 Å². The molecule has 0 fully saturated rings. The van der Waals surface area contributed by atoms with E-state index in [9.17, 15) is 13.2 Å². The maximum absolute atomic E-state index is 12.8. The maximum Gasteiger partial charge on any atom is 0.417 e. The summed E-state index contributed by atoms with van der Waals surface area (Å²) >= 11 is 5.63. The van der Waals surface area contributed by atoms with Gasteiger partial charge in [0.05, 0.1) is 10.6 Å². The summed E-state index contributed by atoms with van der Waals surface area (Å²) in [7, 11) is 0. The van der Waals surface area contributed by atoms with Gasteiger partial charge in [-0.3, -0.25) is 0 Å². The molecular formula is C15H14ClF3. The minimum Gasteiger partial charge on any atom is -0.166 e. The summed E-state index contributed by atoms with van der Waals surface area (Å²) in [5.74, 6) is -0.0108. The second-order valence-corrected chi connectivity index (χ2v) is 5.36. The summed E-state index contributed by atoms with van der Waals surface area (Å²) in [6.07, 6.45) is 0.384. The van der Waals surface area contributed by atoms with Crippen LogP contribution in [0.2, 0.25) is 5.02 Å². The van der Waals surface area contributed by atoms with Crippen LogP contribution >= 0.6 is 11.6 Å². The highest BCUT2D eigenvalue weighted by Gasteiger charge is 2.33. The van der Waals surface area contributed by atoms with E-state index in [1.807, 2.05) is 19.9 Å². The summed E-state index contributed by atoms with van der Waals surface area (Å²) in [4.78, 5) is 0. The van der Waals surface area contributed by atoms with E-state index in [4.69, 9.17) is 11.6 Å². The van der Waals surface area contributed by atoms with Crippen molar-refractivity contribution in [3.63, 3.8) is 0 Å². The standard InChI is InChI=1S/C15H14ClF3/c1-9-5-10(2)7-12(6-9)11-3-4-14(16)13(8-11)15(17,18)19/h3-6,8,12H,7H2,1-2H3. The van der Waals surface area contributed by atoms with Crippen LogP contribution in [0.25, 0.3) is 0 Å². The van der Waals surface area contributed by atoms with Crippen molar-refractivity contribution >= 4 is 11.6 Å². The molecule has 0 aromatic heterocycles. The molecule has 0 nitrogen and oxygen atoms in total. The van der Waals surface area contributed by atoms with Gasteiger partial charge < -0.3 is 0 Å². The normalized spacial score (nSPS) is 20.0. The zero-order valence-electron chi connectivity index (χ0n) is 10.7. The summed E-state index contributed by atoms with van der Waals surface area (Å²) in [6.45, 7) is 3.94. The fourth-order valence-corrected chi connectivity index (χ4v) is 2.65. The molecule has 1 aromatic carbocycles. The lowest BCUT2D eigenvalue weighted by atomic mass is 9.86. The molecule has 102 valence electrons. The lowest BCUT2D eigenvalue weighted by molar-refractivity contribution is -0.137. The van der Waals surface area contributed by atoms with E-state index in [0.717, 1.165) is 18.1 Å². The van der Waals surface area contributed by atoms with Gasteiger partial charge in [-0.25, -0.2) is 0 Å². The molecule has 1 aromatic rings. The first kappa shape index (κ1) is 14.2.